The zero-order valence-corrected chi connectivity index (χ0v) is 18.7. The molecule has 170 valence electrons. The molecule has 0 spiro atoms. The Morgan fingerprint density at radius 2 is 1.97 bits per heavy atom. The maximum absolute atomic E-state index is 14.3. The van der Waals surface area contributed by atoms with Gasteiger partial charge in [0.15, 0.2) is 0 Å². The molecule has 0 aliphatic carbocycles. The van der Waals surface area contributed by atoms with E-state index in [1.165, 1.54) is 19.2 Å². The van der Waals surface area contributed by atoms with Crippen LogP contribution in [0.4, 0.5) is 9.18 Å². The molecule has 1 aliphatic rings. The molecule has 7 nitrogen and oxygen atoms in total. The second-order valence-electron chi connectivity index (χ2n) is 8.35. The van der Waals surface area contributed by atoms with Gasteiger partial charge in [0.2, 0.25) is 5.88 Å². The quantitative estimate of drug-likeness (QED) is 0.630. The number of halogens is 1. The summed E-state index contributed by atoms with van der Waals surface area (Å²) in [4.78, 5) is 29.9. The van der Waals surface area contributed by atoms with Crippen LogP contribution in [0.3, 0.4) is 0 Å². The summed E-state index contributed by atoms with van der Waals surface area (Å²) in [6.07, 6.45) is 2.25. The summed E-state index contributed by atoms with van der Waals surface area (Å²) in [7, 11) is 1.24. The molecule has 1 aromatic carbocycles. The minimum Gasteiger partial charge on any atom is -0.473 e. The molecule has 0 bridgehead atoms. The number of ether oxygens (including phenoxy) is 3. The van der Waals surface area contributed by atoms with Crippen LogP contribution in [0.15, 0.2) is 42.5 Å². The summed E-state index contributed by atoms with van der Waals surface area (Å²) >= 11 is 0. The number of methoxy groups -OCH3 is 1. The van der Waals surface area contributed by atoms with E-state index < -0.39 is 17.4 Å². The molecular formula is C24H27FN2O5. The zero-order chi connectivity index (χ0) is 23.3. The van der Waals surface area contributed by atoms with E-state index in [0.717, 1.165) is 17.3 Å². The highest BCUT2D eigenvalue weighted by Gasteiger charge is 2.24. The van der Waals surface area contributed by atoms with Gasteiger partial charge in [-0.25, -0.2) is 19.0 Å². The third kappa shape index (κ3) is 6.06. The molecule has 2 heterocycles. The fraction of sp³-hybridized carbons (Fsp3) is 0.375. The summed E-state index contributed by atoms with van der Waals surface area (Å²) in [5.41, 5.74) is 1.65. The van der Waals surface area contributed by atoms with Crippen LogP contribution in [-0.2, 0) is 16.1 Å². The van der Waals surface area contributed by atoms with Gasteiger partial charge in [-0.2, -0.15) is 0 Å². The highest BCUT2D eigenvalue weighted by atomic mass is 19.1. The van der Waals surface area contributed by atoms with Crippen LogP contribution in [0.1, 0.15) is 48.8 Å². The average Bonchev–Trinajstić information content (AvgIpc) is 2.77. The molecular weight excluding hydrogens is 415 g/mol. The Morgan fingerprint density at radius 3 is 2.59 bits per heavy atom. The maximum atomic E-state index is 14.3. The van der Waals surface area contributed by atoms with E-state index >= 15 is 0 Å². The van der Waals surface area contributed by atoms with E-state index in [4.69, 9.17) is 9.47 Å². The standard InChI is InChI=1S/C24H27FN2O5/c1-24(2,3)32-23(29)27-12-10-16(11-13-27)20-6-5-7-21(26-20)31-15-18-9-8-17(14-19(18)25)22(28)30-4/h5-10,14H,11-13,15H2,1-4H3. The summed E-state index contributed by atoms with van der Waals surface area (Å²) in [5, 5.41) is 0. The van der Waals surface area contributed by atoms with Gasteiger partial charge in [-0.05, 0) is 51.0 Å². The highest BCUT2D eigenvalue weighted by Crippen LogP contribution is 2.24. The van der Waals surface area contributed by atoms with Gasteiger partial charge in [0.1, 0.15) is 18.0 Å². The number of esters is 1. The fourth-order valence-electron chi connectivity index (χ4n) is 3.13. The first-order valence-corrected chi connectivity index (χ1v) is 10.3. The Kier molecular flexibility index (Phi) is 7.12. The summed E-state index contributed by atoms with van der Waals surface area (Å²) in [6.45, 7) is 6.45. The Bertz CT molecular complexity index is 1030. The smallest absolute Gasteiger partial charge is 0.410 e. The summed E-state index contributed by atoms with van der Waals surface area (Å²) in [6, 6.07) is 9.47. The Labute approximate surface area is 186 Å². The predicted molar refractivity (Wildman–Crippen MR) is 117 cm³/mol. The zero-order valence-electron chi connectivity index (χ0n) is 18.7. The average molecular weight is 442 g/mol. The van der Waals surface area contributed by atoms with Gasteiger partial charge in [-0.1, -0.05) is 18.2 Å². The van der Waals surface area contributed by atoms with Crippen molar-refractivity contribution in [1.82, 2.24) is 9.88 Å². The van der Waals surface area contributed by atoms with Crippen molar-refractivity contribution in [3.63, 3.8) is 0 Å². The van der Waals surface area contributed by atoms with Crippen LogP contribution in [0, 0.1) is 5.82 Å². The number of aromatic nitrogens is 1. The number of hydrogen-bond acceptors (Lipinski definition) is 6. The SMILES string of the molecule is COC(=O)c1ccc(COc2cccc(C3=CCN(C(=O)OC(C)(C)C)CC3)n2)c(F)c1. The number of pyridine rings is 1. The predicted octanol–water partition coefficient (Wildman–Crippen LogP) is 4.61. The molecule has 8 heteroatoms. The second-order valence-corrected chi connectivity index (χ2v) is 8.35. The largest absolute Gasteiger partial charge is 0.473 e. The van der Waals surface area contributed by atoms with E-state index in [1.54, 1.807) is 11.0 Å². The Hall–Kier alpha value is -3.42. The molecule has 1 amide bonds. The second kappa shape index (κ2) is 9.80. The normalized spacial score (nSPS) is 13.9. The van der Waals surface area contributed by atoms with Crippen LogP contribution in [0.2, 0.25) is 0 Å². The van der Waals surface area contributed by atoms with Gasteiger partial charge in [0.05, 0.1) is 18.4 Å². The monoisotopic (exact) mass is 442 g/mol. The molecule has 0 saturated heterocycles. The van der Waals surface area contributed by atoms with Crippen LogP contribution >= 0.6 is 0 Å². The van der Waals surface area contributed by atoms with Crippen molar-refractivity contribution < 1.29 is 28.2 Å². The van der Waals surface area contributed by atoms with Gasteiger partial charge in [-0.3, -0.25) is 0 Å². The first-order valence-electron chi connectivity index (χ1n) is 10.3. The number of carbonyl (C=O) groups is 2. The molecule has 0 radical (unpaired) electrons. The number of hydrogen-bond donors (Lipinski definition) is 0. The lowest BCUT2D eigenvalue weighted by Crippen LogP contribution is -2.39. The van der Waals surface area contributed by atoms with Crippen molar-refractivity contribution >= 4 is 17.6 Å². The number of rotatable bonds is 5. The number of amides is 1. The van der Waals surface area contributed by atoms with Crippen molar-refractivity contribution in [2.75, 3.05) is 20.2 Å². The van der Waals surface area contributed by atoms with Crippen molar-refractivity contribution in [3.8, 4) is 5.88 Å². The van der Waals surface area contributed by atoms with Gasteiger partial charge in [0.25, 0.3) is 0 Å². The van der Waals surface area contributed by atoms with Crippen molar-refractivity contribution in [2.24, 2.45) is 0 Å². The molecule has 32 heavy (non-hydrogen) atoms. The number of benzene rings is 1. The van der Waals surface area contributed by atoms with Gasteiger partial charge < -0.3 is 19.1 Å². The molecule has 1 aromatic heterocycles. The Balaban J connectivity index is 1.63. The molecule has 0 fully saturated rings. The summed E-state index contributed by atoms with van der Waals surface area (Å²) in [5.74, 6) is -0.799. The fourth-order valence-corrected chi connectivity index (χ4v) is 3.13. The lowest BCUT2D eigenvalue weighted by Gasteiger charge is -2.29. The molecule has 3 rings (SSSR count). The molecule has 0 unspecified atom stereocenters. The molecule has 0 N–H and O–H groups in total. The first kappa shape index (κ1) is 23.2. The molecule has 2 aromatic rings. The van der Waals surface area contributed by atoms with Crippen LogP contribution in [0.5, 0.6) is 5.88 Å². The van der Waals surface area contributed by atoms with E-state index in [9.17, 15) is 14.0 Å². The van der Waals surface area contributed by atoms with Crippen LogP contribution in [-0.4, -0.2) is 47.7 Å². The Morgan fingerprint density at radius 1 is 1.19 bits per heavy atom. The molecule has 0 atom stereocenters. The van der Waals surface area contributed by atoms with Crippen molar-refractivity contribution in [2.45, 2.75) is 39.4 Å². The maximum Gasteiger partial charge on any atom is 0.410 e. The third-order valence-electron chi connectivity index (χ3n) is 4.76. The highest BCUT2D eigenvalue weighted by molar-refractivity contribution is 5.89. The molecule has 1 aliphatic heterocycles. The van der Waals surface area contributed by atoms with E-state index in [1.807, 2.05) is 39.0 Å². The molecule has 0 saturated carbocycles. The van der Waals surface area contributed by atoms with Crippen molar-refractivity contribution in [1.29, 1.82) is 0 Å². The topological polar surface area (TPSA) is 78.0 Å². The minimum atomic E-state index is -0.600. The van der Waals surface area contributed by atoms with Crippen LogP contribution in [0.25, 0.3) is 5.57 Å². The van der Waals surface area contributed by atoms with Crippen LogP contribution < -0.4 is 4.74 Å². The number of nitrogens with zero attached hydrogens (tertiary/aromatic N) is 2. The summed E-state index contributed by atoms with van der Waals surface area (Å²) < 4.78 is 29.9. The number of carbonyl (C=O) groups excluding carboxylic acids is 2. The van der Waals surface area contributed by atoms with Gasteiger partial charge >= 0.3 is 12.1 Å². The third-order valence-corrected chi connectivity index (χ3v) is 4.76. The van der Waals surface area contributed by atoms with Gasteiger partial charge in [-0.15, -0.1) is 0 Å². The van der Waals surface area contributed by atoms with Gasteiger partial charge in [0, 0.05) is 24.7 Å². The minimum absolute atomic E-state index is 0.0325. The van der Waals surface area contributed by atoms with E-state index in [2.05, 4.69) is 9.72 Å². The van der Waals surface area contributed by atoms with Crippen molar-refractivity contribution in [3.05, 3.63) is 65.1 Å². The lowest BCUT2D eigenvalue weighted by molar-refractivity contribution is 0.0270. The van der Waals surface area contributed by atoms with E-state index in [-0.39, 0.29) is 18.3 Å². The first-order chi connectivity index (χ1) is 15.2. The van der Waals surface area contributed by atoms with E-state index in [0.29, 0.717) is 31.0 Å². The lowest BCUT2D eigenvalue weighted by atomic mass is 10.0.